The average Bonchev–Trinajstić information content (AvgIpc) is 3.13. The van der Waals surface area contributed by atoms with Crippen LogP contribution in [0.15, 0.2) is 17.5 Å². The molecule has 2 N–H and O–H groups in total. The van der Waals surface area contributed by atoms with E-state index in [0.717, 1.165) is 9.88 Å². The summed E-state index contributed by atoms with van der Waals surface area (Å²) in [5, 5.41) is 16.8. The summed E-state index contributed by atoms with van der Waals surface area (Å²) in [6.45, 7) is 6.62. The molecular formula is C15H20N4O2S2. The Bertz CT molecular complexity index is 659. The van der Waals surface area contributed by atoms with Crippen LogP contribution < -0.4 is 10.6 Å². The average molecular weight is 352 g/mol. The van der Waals surface area contributed by atoms with E-state index in [1.807, 2.05) is 38.3 Å². The molecule has 6 nitrogen and oxygen atoms in total. The molecule has 2 rings (SSSR count). The van der Waals surface area contributed by atoms with E-state index in [4.69, 9.17) is 0 Å². The van der Waals surface area contributed by atoms with E-state index in [0.29, 0.717) is 11.7 Å². The third kappa shape index (κ3) is 5.72. The summed E-state index contributed by atoms with van der Waals surface area (Å²) < 4.78 is 0. The van der Waals surface area contributed by atoms with Gasteiger partial charge in [0.2, 0.25) is 16.9 Å². The van der Waals surface area contributed by atoms with Crippen molar-refractivity contribution in [2.45, 2.75) is 45.6 Å². The Morgan fingerprint density at radius 1 is 1.17 bits per heavy atom. The van der Waals surface area contributed by atoms with Crippen LogP contribution in [0.25, 0.3) is 0 Å². The number of nitrogens with zero attached hydrogens (tertiary/aromatic N) is 2. The van der Waals surface area contributed by atoms with E-state index in [9.17, 15) is 9.59 Å². The van der Waals surface area contributed by atoms with Gasteiger partial charge in [-0.3, -0.25) is 9.59 Å². The fraction of sp³-hybridized carbons (Fsp3) is 0.467. The van der Waals surface area contributed by atoms with Gasteiger partial charge in [0, 0.05) is 23.1 Å². The molecule has 0 fully saturated rings. The highest BCUT2D eigenvalue weighted by Crippen LogP contribution is 2.27. The second-order valence-electron chi connectivity index (χ2n) is 6.07. The lowest BCUT2D eigenvalue weighted by atomic mass is 9.98. The van der Waals surface area contributed by atoms with Crippen molar-refractivity contribution in [2.24, 2.45) is 0 Å². The molecule has 2 heterocycles. The molecule has 0 radical (unpaired) electrons. The van der Waals surface area contributed by atoms with Gasteiger partial charge < -0.3 is 10.6 Å². The van der Waals surface area contributed by atoms with Crippen molar-refractivity contribution in [1.82, 2.24) is 15.5 Å². The van der Waals surface area contributed by atoms with Crippen LogP contribution in [0.5, 0.6) is 0 Å². The molecule has 0 unspecified atom stereocenters. The second-order valence-corrected chi connectivity index (χ2v) is 8.08. The molecule has 2 aromatic heterocycles. The minimum atomic E-state index is -0.229. The molecular weight excluding hydrogens is 332 g/mol. The van der Waals surface area contributed by atoms with Crippen LogP contribution in [0, 0.1) is 0 Å². The summed E-state index contributed by atoms with van der Waals surface area (Å²) in [6, 6.07) is 3.90. The summed E-state index contributed by atoms with van der Waals surface area (Å²) in [5.41, 5.74) is -0.0949. The van der Waals surface area contributed by atoms with E-state index in [1.54, 1.807) is 11.3 Å². The van der Waals surface area contributed by atoms with E-state index in [1.165, 1.54) is 11.3 Å². The van der Waals surface area contributed by atoms with Crippen molar-refractivity contribution >= 4 is 39.6 Å². The number of anilines is 1. The Morgan fingerprint density at radius 2 is 1.91 bits per heavy atom. The standard InChI is InChI=1S/C15H20N4O2S2/c1-15(2,3)13-18-19-14(23-13)17-12(21)7-6-11(20)16-9-10-5-4-8-22-10/h4-5,8H,6-7,9H2,1-3H3,(H,16,20)(H,17,19,21). The van der Waals surface area contributed by atoms with Gasteiger partial charge in [-0.2, -0.15) is 0 Å². The Labute approximate surface area is 143 Å². The quantitative estimate of drug-likeness (QED) is 0.837. The topological polar surface area (TPSA) is 84.0 Å². The molecule has 0 bridgehead atoms. The van der Waals surface area contributed by atoms with E-state index < -0.39 is 0 Å². The molecule has 8 heteroatoms. The van der Waals surface area contributed by atoms with Gasteiger partial charge in [0.1, 0.15) is 5.01 Å². The Balaban J connectivity index is 1.72. The Kier molecular flexibility index (Phi) is 5.84. The summed E-state index contributed by atoms with van der Waals surface area (Å²) in [5.74, 6) is -0.367. The maximum absolute atomic E-state index is 11.9. The molecule has 2 amide bonds. The highest BCUT2D eigenvalue weighted by Gasteiger charge is 2.20. The zero-order valence-corrected chi connectivity index (χ0v) is 15.0. The lowest BCUT2D eigenvalue weighted by molar-refractivity contribution is -0.124. The Hall–Kier alpha value is -1.80. The van der Waals surface area contributed by atoms with Crippen LogP contribution in [0.3, 0.4) is 0 Å². The molecule has 0 spiro atoms. The summed E-state index contributed by atoms with van der Waals surface area (Å²) in [4.78, 5) is 24.7. The van der Waals surface area contributed by atoms with Crippen molar-refractivity contribution in [3.8, 4) is 0 Å². The molecule has 0 aromatic carbocycles. The van der Waals surface area contributed by atoms with Crippen molar-refractivity contribution in [3.63, 3.8) is 0 Å². The minimum absolute atomic E-state index is 0.0949. The number of hydrogen-bond acceptors (Lipinski definition) is 6. The van der Waals surface area contributed by atoms with E-state index in [2.05, 4.69) is 20.8 Å². The highest BCUT2D eigenvalue weighted by molar-refractivity contribution is 7.15. The molecule has 23 heavy (non-hydrogen) atoms. The zero-order valence-electron chi connectivity index (χ0n) is 13.4. The molecule has 124 valence electrons. The molecule has 0 aliphatic carbocycles. The number of nitrogens with one attached hydrogen (secondary N) is 2. The fourth-order valence-corrected chi connectivity index (χ4v) is 3.13. The first-order valence-corrected chi connectivity index (χ1v) is 8.97. The van der Waals surface area contributed by atoms with Crippen LogP contribution in [-0.4, -0.2) is 22.0 Å². The van der Waals surface area contributed by atoms with Crippen LogP contribution >= 0.6 is 22.7 Å². The fourth-order valence-electron chi connectivity index (χ4n) is 1.67. The van der Waals surface area contributed by atoms with Gasteiger partial charge in [0.15, 0.2) is 0 Å². The molecule has 2 aromatic rings. The molecule has 0 saturated heterocycles. The lowest BCUT2D eigenvalue weighted by Crippen LogP contribution is -2.24. The molecule has 0 saturated carbocycles. The number of thiophene rings is 1. The van der Waals surface area contributed by atoms with Gasteiger partial charge in [-0.1, -0.05) is 38.2 Å². The number of amides is 2. The number of carbonyl (C=O) groups is 2. The minimum Gasteiger partial charge on any atom is -0.351 e. The maximum atomic E-state index is 11.9. The van der Waals surface area contributed by atoms with Gasteiger partial charge in [-0.25, -0.2) is 0 Å². The third-order valence-electron chi connectivity index (χ3n) is 2.93. The van der Waals surface area contributed by atoms with Gasteiger partial charge in [0.05, 0.1) is 6.54 Å². The number of hydrogen-bond donors (Lipinski definition) is 2. The SMILES string of the molecule is CC(C)(C)c1nnc(NC(=O)CCC(=O)NCc2cccs2)s1. The van der Waals surface area contributed by atoms with E-state index in [-0.39, 0.29) is 30.1 Å². The highest BCUT2D eigenvalue weighted by atomic mass is 32.1. The predicted octanol–water partition coefficient (Wildman–Crippen LogP) is 2.93. The Morgan fingerprint density at radius 3 is 2.52 bits per heavy atom. The van der Waals surface area contributed by atoms with Crippen molar-refractivity contribution in [2.75, 3.05) is 5.32 Å². The number of carbonyl (C=O) groups excluding carboxylic acids is 2. The third-order valence-corrected chi connectivity index (χ3v) is 5.07. The number of aromatic nitrogens is 2. The van der Waals surface area contributed by atoms with Crippen LogP contribution in [-0.2, 0) is 21.5 Å². The van der Waals surface area contributed by atoms with Gasteiger partial charge >= 0.3 is 0 Å². The van der Waals surface area contributed by atoms with Crippen LogP contribution in [0.1, 0.15) is 43.5 Å². The van der Waals surface area contributed by atoms with Crippen molar-refractivity contribution < 1.29 is 9.59 Å². The lowest BCUT2D eigenvalue weighted by Gasteiger charge is -2.12. The first-order chi connectivity index (χ1) is 10.8. The smallest absolute Gasteiger partial charge is 0.226 e. The van der Waals surface area contributed by atoms with Crippen molar-refractivity contribution in [1.29, 1.82) is 0 Å². The molecule has 0 atom stereocenters. The largest absolute Gasteiger partial charge is 0.351 e. The monoisotopic (exact) mass is 352 g/mol. The first kappa shape index (κ1) is 17.6. The van der Waals surface area contributed by atoms with Crippen LogP contribution in [0.2, 0.25) is 0 Å². The molecule has 0 aliphatic rings. The van der Waals surface area contributed by atoms with Gasteiger partial charge in [-0.15, -0.1) is 21.5 Å². The summed E-state index contributed by atoms with van der Waals surface area (Å²) >= 11 is 2.95. The number of rotatable bonds is 6. The maximum Gasteiger partial charge on any atom is 0.226 e. The first-order valence-electron chi connectivity index (χ1n) is 7.27. The van der Waals surface area contributed by atoms with Crippen molar-refractivity contribution in [3.05, 3.63) is 27.4 Å². The van der Waals surface area contributed by atoms with Gasteiger partial charge in [-0.05, 0) is 11.4 Å². The van der Waals surface area contributed by atoms with Crippen LogP contribution in [0.4, 0.5) is 5.13 Å². The summed E-state index contributed by atoms with van der Waals surface area (Å²) in [7, 11) is 0. The molecule has 0 aliphatic heterocycles. The normalized spacial score (nSPS) is 11.3. The summed E-state index contributed by atoms with van der Waals surface area (Å²) in [6.07, 6.45) is 0.281. The second kappa shape index (κ2) is 7.65. The van der Waals surface area contributed by atoms with E-state index >= 15 is 0 Å². The predicted molar refractivity (Wildman–Crippen MR) is 92.6 cm³/mol. The van der Waals surface area contributed by atoms with Gasteiger partial charge in [0.25, 0.3) is 0 Å². The zero-order chi connectivity index (χ0) is 16.9.